The van der Waals surface area contributed by atoms with Gasteiger partial charge in [-0.2, -0.15) is 0 Å². The second kappa shape index (κ2) is 6.70. The van der Waals surface area contributed by atoms with E-state index in [1.165, 1.54) is 44.6 Å². The average molecular weight is 351 g/mol. The Labute approximate surface area is 163 Å². The van der Waals surface area contributed by atoms with Crippen molar-refractivity contribution in [2.45, 2.75) is 32.1 Å². The van der Waals surface area contributed by atoms with E-state index in [1.54, 1.807) is 0 Å². The van der Waals surface area contributed by atoms with Crippen molar-refractivity contribution in [1.82, 2.24) is 0 Å². The largest absolute Gasteiger partial charge is 0.0991 e. The molecule has 1 aromatic rings. The molecule has 1 spiro atoms. The van der Waals surface area contributed by atoms with E-state index in [1.807, 2.05) is 12.2 Å². The molecule has 1 atom stereocenters. The van der Waals surface area contributed by atoms with Crippen LogP contribution in [0.4, 0.5) is 0 Å². The predicted molar refractivity (Wildman–Crippen MR) is 117 cm³/mol. The number of hydrogen-bond acceptors (Lipinski definition) is 0. The van der Waals surface area contributed by atoms with E-state index in [4.69, 9.17) is 0 Å². The molecular weight excluding hydrogens is 324 g/mol. The first-order valence-electron chi connectivity index (χ1n) is 9.76. The van der Waals surface area contributed by atoms with Crippen LogP contribution in [0.5, 0.6) is 0 Å². The summed E-state index contributed by atoms with van der Waals surface area (Å²) in [6.45, 7) is 12.3. The predicted octanol–water partition coefficient (Wildman–Crippen LogP) is 7.17. The third-order valence-electron chi connectivity index (χ3n) is 6.00. The maximum Gasteiger partial charge on any atom is 0.0719 e. The fraction of sp³-hybridized carbons (Fsp3) is 0.185. The van der Waals surface area contributed by atoms with Crippen LogP contribution < -0.4 is 0 Å². The molecule has 0 radical (unpaired) electrons. The van der Waals surface area contributed by atoms with Crippen LogP contribution in [0.1, 0.15) is 37.8 Å². The van der Waals surface area contributed by atoms with Crippen molar-refractivity contribution in [1.29, 1.82) is 0 Å². The van der Waals surface area contributed by atoms with Gasteiger partial charge in [0.1, 0.15) is 0 Å². The molecule has 134 valence electrons. The number of fused-ring (bicyclic) bond motifs is 4. The van der Waals surface area contributed by atoms with Crippen LogP contribution in [0.2, 0.25) is 0 Å². The third kappa shape index (κ3) is 2.16. The van der Waals surface area contributed by atoms with Crippen molar-refractivity contribution in [2.75, 3.05) is 0 Å². The van der Waals surface area contributed by atoms with Crippen LogP contribution >= 0.6 is 0 Å². The molecule has 3 aliphatic rings. The van der Waals surface area contributed by atoms with Crippen LogP contribution in [0, 0.1) is 0 Å². The summed E-state index contributed by atoms with van der Waals surface area (Å²) in [6.07, 6.45) is 19.8. The van der Waals surface area contributed by atoms with Gasteiger partial charge in [0, 0.05) is 0 Å². The fourth-order valence-corrected chi connectivity index (χ4v) is 5.21. The minimum atomic E-state index is -0.248. The van der Waals surface area contributed by atoms with Crippen molar-refractivity contribution in [3.8, 4) is 0 Å². The van der Waals surface area contributed by atoms with Crippen LogP contribution in [0.15, 0.2) is 114 Å². The zero-order chi connectivity index (χ0) is 19.0. The average Bonchev–Trinajstić information content (AvgIpc) is 3.14. The van der Waals surface area contributed by atoms with E-state index in [-0.39, 0.29) is 5.41 Å². The third-order valence-corrected chi connectivity index (χ3v) is 6.00. The lowest BCUT2D eigenvalue weighted by molar-refractivity contribution is 0.774. The zero-order valence-electron chi connectivity index (χ0n) is 16.3. The van der Waals surface area contributed by atoms with Crippen LogP contribution in [0.3, 0.4) is 0 Å². The Kier molecular flexibility index (Phi) is 4.36. The highest BCUT2D eigenvalue weighted by Gasteiger charge is 2.56. The second-order valence-electron chi connectivity index (χ2n) is 7.15. The number of rotatable bonds is 2. The molecule has 0 N–H and O–H groups in total. The molecular formula is C27H26. The van der Waals surface area contributed by atoms with Crippen molar-refractivity contribution in [2.24, 2.45) is 0 Å². The lowest BCUT2D eigenvalue weighted by Crippen LogP contribution is -2.26. The minimum Gasteiger partial charge on any atom is -0.0991 e. The van der Waals surface area contributed by atoms with Crippen molar-refractivity contribution in [3.63, 3.8) is 0 Å². The maximum absolute atomic E-state index is 4.03. The Bertz CT molecular complexity index is 1010. The summed E-state index contributed by atoms with van der Waals surface area (Å²) < 4.78 is 0. The van der Waals surface area contributed by atoms with E-state index in [0.717, 1.165) is 12.8 Å². The fourth-order valence-electron chi connectivity index (χ4n) is 5.21. The summed E-state index contributed by atoms with van der Waals surface area (Å²) in [7, 11) is 0. The van der Waals surface area contributed by atoms with E-state index >= 15 is 0 Å². The highest BCUT2D eigenvalue weighted by molar-refractivity contribution is 5.98. The van der Waals surface area contributed by atoms with E-state index < -0.39 is 0 Å². The van der Waals surface area contributed by atoms with Gasteiger partial charge in [0.05, 0.1) is 5.41 Å². The molecule has 4 rings (SSSR count). The van der Waals surface area contributed by atoms with Crippen molar-refractivity contribution < 1.29 is 0 Å². The van der Waals surface area contributed by atoms with E-state index in [0.29, 0.717) is 0 Å². The highest BCUT2D eigenvalue weighted by atomic mass is 14.6. The summed E-state index contributed by atoms with van der Waals surface area (Å²) in [5.74, 6) is 0. The van der Waals surface area contributed by atoms with Gasteiger partial charge in [-0.15, -0.1) is 0 Å². The van der Waals surface area contributed by atoms with Gasteiger partial charge in [-0.25, -0.2) is 0 Å². The van der Waals surface area contributed by atoms with E-state index in [2.05, 4.69) is 87.7 Å². The lowest BCUT2D eigenvalue weighted by atomic mass is 9.69. The van der Waals surface area contributed by atoms with Gasteiger partial charge in [-0.05, 0) is 71.3 Å². The molecule has 0 nitrogen and oxygen atoms in total. The van der Waals surface area contributed by atoms with Gasteiger partial charge in [0.2, 0.25) is 0 Å². The standard InChI is InChI=1S/C27H26/c1-5-13-20-22-16-10-12-18-26(22)27(23(20)8-4)24(14-6-2)19(7-3)21-15-9-11-17-25(21)27/h5-8,10,12-18H,1-2,9,11H2,3-4H3/b19-7-,20-13?,23-8+,24-14+. The summed E-state index contributed by atoms with van der Waals surface area (Å²) >= 11 is 0. The Hall–Kier alpha value is -2.86. The Morgan fingerprint density at radius 1 is 0.852 bits per heavy atom. The van der Waals surface area contributed by atoms with Crippen molar-refractivity contribution >= 4 is 5.57 Å². The Morgan fingerprint density at radius 2 is 1.59 bits per heavy atom. The number of allylic oxidation sites excluding steroid dienone is 14. The molecule has 0 saturated heterocycles. The molecule has 0 heterocycles. The van der Waals surface area contributed by atoms with Gasteiger partial charge in [0.25, 0.3) is 0 Å². The summed E-state index contributed by atoms with van der Waals surface area (Å²) in [6, 6.07) is 8.84. The molecule has 0 aliphatic heterocycles. The Morgan fingerprint density at radius 3 is 2.30 bits per heavy atom. The monoisotopic (exact) mass is 350 g/mol. The first-order valence-corrected chi connectivity index (χ1v) is 9.76. The van der Waals surface area contributed by atoms with Gasteiger partial charge in [-0.1, -0.05) is 86.0 Å². The molecule has 0 bridgehead atoms. The second-order valence-corrected chi connectivity index (χ2v) is 7.15. The van der Waals surface area contributed by atoms with Crippen LogP contribution in [-0.2, 0) is 5.41 Å². The Balaban J connectivity index is 2.20. The maximum atomic E-state index is 4.03. The molecule has 1 fully saturated rings. The molecule has 0 heteroatoms. The normalized spacial score (nSPS) is 29.3. The first-order chi connectivity index (χ1) is 13.2. The van der Waals surface area contributed by atoms with Gasteiger partial charge in [-0.3, -0.25) is 0 Å². The molecule has 3 aliphatic carbocycles. The lowest BCUT2D eigenvalue weighted by Gasteiger charge is -2.32. The molecule has 27 heavy (non-hydrogen) atoms. The highest BCUT2D eigenvalue weighted by Crippen LogP contribution is 2.66. The first kappa shape index (κ1) is 17.5. The minimum absolute atomic E-state index is 0.248. The van der Waals surface area contributed by atoms with Gasteiger partial charge >= 0.3 is 0 Å². The van der Waals surface area contributed by atoms with Gasteiger partial charge in [0.15, 0.2) is 0 Å². The molecule has 0 aromatic heterocycles. The smallest absolute Gasteiger partial charge is 0.0719 e. The summed E-state index contributed by atoms with van der Waals surface area (Å²) in [5, 5.41) is 0. The topological polar surface area (TPSA) is 0 Å². The quantitative estimate of drug-likeness (QED) is 0.530. The number of hydrogen-bond donors (Lipinski definition) is 0. The van der Waals surface area contributed by atoms with E-state index in [9.17, 15) is 0 Å². The van der Waals surface area contributed by atoms with Gasteiger partial charge < -0.3 is 0 Å². The molecule has 1 saturated carbocycles. The molecule has 0 amide bonds. The van der Waals surface area contributed by atoms with Crippen LogP contribution in [0.25, 0.3) is 5.57 Å². The molecule has 1 unspecified atom stereocenters. The molecule has 1 aromatic carbocycles. The van der Waals surface area contributed by atoms with Crippen LogP contribution in [-0.4, -0.2) is 0 Å². The summed E-state index contributed by atoms with van der Waals surface area (Å²) in [4.78, 5) is 0. The SMILES string of the molecule is C=CC=C1/C(=C\C)C2(C3=CCCC=C3C(=C/C)/C2=C\C=C)c2ccccc21. The number of benzene rings is 1. The zero-order valence-corrected chi connectivity index (χ0v) is 16.3. The van der Waals surface area contributed by atoms with Crippen molar-refractivity contribution in [3.05, 3.63) is 125 Å². The summed E-state index contributed by atoms with van der Waals surface area (Å²) in [5.41, 5.74) is 10.6.